The van der Waals surface area contributed by atoms with Crippen LogP contribution in [0.1, 0.15) is 43.8 Å². The number of carbonyl (C=O) groups is 1. The van der Waals surface area contributed by atoms with Crippen molar-refractivity contribution in [2.24, 2.45) is 0 Å². The second kappa shape index (κ2) is 6.96. The van der Waals surface area contributed by atoms with Gasteiger partial charge in [0, 0.05) is 0 Å². The highest BCUT2D eigenvalue weighted by atomic mass is 16.6. The molecule has 0 aliphatic heterocycles. The van der Waals surface area contributed by atoms with Gasteiger partial charge in [0.1, 0.15) is 11.7 Å². The van der Waals surface area contributed by atoms with Crippen LogP contribution in [-0.2, 0) is 4.74 Å². The van der Waals surface area contributed by atoms with Crippen LogP contribution in [0.3, 0.4) is 0 Å². The van der Waals surface area contributed by atoms with Crippen molar-refractivity contribution in [3.05, 3.63) is 35.2 Å². The van der Waals surface area contributed by atoms with Crippen molar-refractivity contribution in [1.29, 1.82) is 0 Å². The van der Waals surface area contributed by atoms with E-state index in [9.17, 15) is 9.90 Å². The molecular weight excluding hydrogens is 310 g/mol. The summed E-state index contributed by atoms with van der Waals surface area (Å²) in [6.07, 6.45) is -1.67. The molecule has 8 heteroatoms. The first-order chi connectivity index (χ1) is 11.2. The molecule has 2 N–H and O–H groups in total. The number of tetrazole rings is 1. The molecule has 130 valence electrons. The minimum atomic E-state index is -1.06. The fourth-order valence-electron chi connectivity index (χ4n) is 2.29. The third-order valence-corrected chi connectivity index (χ3v) is 3.28. The van der Waals surface area contributed by atoms with Gasteiger partial charge in [0.15, 0.2) is 5.82 Å². The van der Waals surface area contributed by atoms with Gasteiger partial charge in [-0.1, -0.05) is 18.2 Å². The fraction of sp³-hybridized carbons (Fsp3) is 0.500. The van der Waals surface area contributed by atoms with Gasteiger partial charge in [-0.3, -0.25) is 0 Å². The Bertz CT molecular complexity index is 700. The number of alkyl carbamates (subject to hydrolysis) is 1. The molecule has 0 aliphatic carbocycles. The number of aliphatic hydroxyl groups excluding tert-OH is 1. The fourth-order valence-corrected chi connectivity index (χ4v) is 2.29. The number of para-hydroxylation sites is 1. The molecule has 0 saturated heterocycles. The number of nitrogens with zero attached hydrogens (tertiary/aromatic N) is 4. The number of aromatic nitrogens is 4. The molecule has 1 aromatic heterocycles. The van der Waals surface area contributed by atoms with Crippen LogP contribution in [0.25, 0.3) is 5.69 Å². The zero-order chi connectivity index (χ0) is 17.9. The maximum absolute atomic E-state index is 11.7. The molecule has 1 amide bonds. The molecule has 1 atom stereocenters. The van der Waals surface area contributed by atoms with Crippen LogP contribution in [0.5, 0.6) is 0 Å². The Hall–Kier alpha value is -2.48. The van der Waals surface area contributed by atoms with Gasteiger partial charge in [-0.2, -0.15) is 4.68 Å². The molecule has 24 heavy (non-hydrogen) atoms. The van der Waals surface area contributed by atoms with Crippen molar-refractivity contribution in [3.63, 3.8) is 0 Å². The summed E-state index contributed by atoms with van der Waals surface area (Å²) in [5, 5.41) is 24.4. The number of nitrogens with one attached hydrogen (secondary N) is 1. The van der Waals surface area contributed by atoms with Gasteiger partial charge in [0.05, 0.1) is 12.2 Å². The van der Waals surface area contributed by atoms with Crippen LogP contribution in [-0.4, -0.2) is 43.6 Å². The van der Waals surface area contributed by atoms with Crippen molar-refractivity contribution >= 4 is 6.09 Å². The zero-order valence-electron chi connectivity index (χ0n) is 14.6. The van der Waals surface area contributed by atoms with Gasteiger partial charge in [0.2, 0.25) is 0 Å². The largest absolute Gasteiger partial charge is 0.444 e. The molecule has 1 heterocycles. The minimum absolute atomic E-state index is 0.0553. The summed E-state index contributed by atoms with van der Waals surface area (Å²) < 4.78 is 6.63. The molecule has 0 radical (unpaired) electrons. The van der Waals surface area contributed by atoms with E-state index in [-0.39, 0.29) is 12.4 Å². The second-order valence-corrected chi connectivity index (χ2v) is 6.59. The molecule has 1 aromatic carbocycles. The Kier molecular flexibility index (Phi) is 5.18. The van der Waals surface area contributed by atoms with Gasteiger partial charge in [-0.25, -0.2) is 4.79 Å². The monoisotopic (exact) mass is 333 g/mol. The average Bonchev–Trinajstić information content (AvgIpc) is 2.92. The minimum Gasteiger partial charge on any atom is -0.444 e. The summed E-state index contributed by atoms with van der Waals surface area (Å²) in [6.45, 7) is 9.14. The molecule has 2 aromatic rings. The van der Waals surface area contributed by atoms with Crippen LogP contribution < -0.4 is 5.32 Å². The number of amides is 1. The summed E-state index contributed by atoms with van der Waals surface area (Å²) >= 11 is 0. The SMILES string of the molecule is Cc1cccc(C)c1-n1nnnc1C(O)CNC(=O)OC(C)(C)C. The maximum atomic E-state index is 11.7. The van der Waals surface area contributed by atoms with E-state index in [0.29, 0.717) is 0 Å². The van der Waals surface area contributed by atoms with Crippen LogP contribution >= 0.6 is 0 Å². The number of hydrogen-bond acceptors (Lipinski definition) is 6. The van der Waals surface area contributed by atoms with E-state index in [2.05, 4.69) is 20.8 Å². The van der Waals surface area contributed by atoms with Gasteiger partial charge in [-0.15, -0.1) is 5.10 Å². The molecule has 0 aliphatic rings. The van der Waals surface area contributed by atoms with Crippen molar-refractivity contribution in [3.8, 4) is 5.69 Å². The number of benzene rings is 1. The quantitative estimate of drug-likeness (QED) is 0.885. The number of ether oxygens (including phenoxy) is 1. The predicted octanol–water partition coefficient (Wildman–Crippen LogP) is 1.84. The Morgan fingerprint density at radius 1 is 1.33 bits per heavy atom. The first-order valence-corrected chi connectivity index (χ1v) is 7.69. The predicted molar refractivity (Wildman–Crippen MR) is 87.8 cm³/mol. The summed E-state index contributed by atoms with van der Waals surface area (Å²) in [7, 11) is 0. The molecule has 0 saturated carbocycles. The van der Waals surface area contributed by atoms with E-state index < -0.39 is 17.8 Å². The molecule has 0 fully saturated rings. The Balaban J connectivity index is 2.14. The second-order valence-electron chi connectivity index (χ2n) is 6.59. The van der Waals surface area contributed by atoms with Crippen LogP contribution in [0.4, 0.5) is 4.79 Å². The smallest absolute Gasteiger partial charge is 0.407 e. The Morgan fingerprint density at radius 3 is 2.54 bits per heavy atom. The van der Waals surface area contributed by atoms with E-state index in [0.717, 1.165) is 16.8 Å². The number of rotatable bonds is 4. The number of hydrogen-bond donors (Lipinski definition) is 2. The van der Waals surface area contributed by atoms with Gasteiger partial charge >= 0.3 is 6.09 Å². The van der Waals surface area contributed by atoms with Gasteiger partial charge < -0.3 is 15.2 Å². The average molecular weight is 333 g/mol. The van der Waals surface area contributed by atoms with E-state index in [4.69, 9.17) is 4.74 Å². The summed E-state index contributed by atoms with van der Waals surface area (Å²) in [5.74, 6) is 0.253. The van der Waals surface area contributed by atoms with Gasteiger partial charge in [-0.05, 0) is 56.2 Å². The zero-order valence-corrected chi connectivity index (χ0v) is 14.6. The molecule has 0 spiro atoms. The van der Waals surface area contributed by atoms with E-state index >= 15 is 0 Å². The molecule has 0 bridgehead atoms. The number of aryl methyl sites for hydroxylation is 2. The third-order valence-electron chi connectivity index (χ3n) is 3.28. The maximum Gasteiger partial charge on any atom is 0.407 e. The Labute approximate surface area is 140 Å². The van der Waals surface area contributed by atoms with E-state index in [1.165, 1.54) is 4.68 Å². The van der Waals surface area contributed by atoms with E-state index in [1.54, 1.807) is 20.8 Å². The van der Waals surface area contributed by atoms with Crippen LogP contribution in [0.2, 0.25) is 0 Å². The molecule has 2 rings (SSSR count). The highest BCUT2D eigenvalue weighted by Crippen LogP contribution is 2.21. The van der Waals surface area contributed by atoms with E-state index in [1.807, 2.05) is 32.0 Å². The lowest BCUT2D eigenvalue weighted by atomic mass is 10.1. The highest BCUT2D eigenvalue weighted by Gasteiger charge is 2.22. The topological polar surface area (TPSA) is 102 Å². The number of carbonyl (C=O) groups excluding carboxylic acids is 1. The third kappa shape index (κ3) is 4.29. The normalized spacial score (nSPS) is 12.8. The molecule has 1 unspecified atom stereocenters. The first-order valence-electron chi connectivity index (χ1n) is 7.69. The lowest BCUT2D eigenvalue weighted by Crippen LogP contribution is -2.35. The van der Waals surface area contributed by atoms with Gasteiger partial charge in [0.25, 0.3) is 0 Å². The van der Waals surface area contributed by atoms with Crippen LogP contribution in [0.15, 0.2) is 18.2 Å². The van der Waals surface area contributed by atoms with Crippen molar-refractivity contribution in [2.45, 2.75) is 46.3 Å². The summed E-state index contributed by atoms with van der Waals surface area (Å²) in [6, 6.07) is 5.83. The first kappa shape index (κ1) is 17.9. The number of aliphatic hydroxyl groups is 1. The summed E-state index contributed by atoms with van der Waals surface area (Å²) in [5.41, 5.74) is 2.18. The standard InChI is InChI=1S/C16H23N5O3/c1-10-7-6-8-11(2)13(10)21-14(18-19-20-21)12(22)9-17-15(23)24-16(3,4)5/h6-8,12,22H,9H2,1-5H3,(H,17,23). The van der Waals surface area contributed by atoms with Crippen molar-refractivity contribution in [1.82, 2.24) is 25.5 Å². The van der Waals surface area contributed by atoms with Crippen LogP contribution in [0, 0.1) is 13.8 Å². The van der Waals surface area contributed by atoms with Crippen molar-refractivity contribution in [2.75, 3.05) is 6.54 Å². The summed E-state index contributed by atoms with van der Waals surface area (Å²) in [4.78, 5) is 11.7. The lowest BCUT2D eigenvalue weighted by Gasteiger charge is -2.20. The molecule has 8 nitrogen and oxygen atoms in total. The lowest BCUT2D eigenvalue weighted by molar-refractivity contribution is 0.0487. The highest BCUT2D eigenvalue weighted by molar-refractivity contribution is 5.67. The van der Waals surface area contributed by atoms with Crippen molar-refractivity contribution < 1.29 is 14.6 Å². The Morgan fingerprint density at radius 2 is 1.96 bits per heavy atom. The molecular formula is C16H23N5O3.